The van der Waals surface area contributed by atoms with Crippen molar-refractivity contribution in [3.05, 3.63) is 117 Å². The maximum absolute atomic E-state index is 14.2. The van der Waals surface area contributed by atoms with Gasteiger partial charge in [0, 0.05) is 47.8 Å². The van der Waals surface area contributed by atoms with Gasteiger partial charge in [0.15, 0.2) is 23.1 Å². The van der Waals surface area contributed by atoms with Crippen LogP contribution in [0.15, 0.2) is 89.3 Å². The van der Waals surface area contributed by atoms with Crippen LogP contribution in [0.3, 0.4) is 0 Å². The number of Topliss-reactive ketones (excluding diaryl/α,β-unsaturated/α-hetero) is 2. The highest BCUT2D eigenvalue weighted by Crippen LogP contribution is 2.55. The predicted octanol–water partition coefficient (Wildman–Crippen LogP) is 8.78. The van der Waals surface area contributed by atoms with E-state index in [9.17, 15) is 9.59 Å². The molecule has 5 nitrogen and oxygen atoms in total. The molecule has 45 heavy (non-hydrogen) atoms. The van der Waals surface area contributed by atoms with Crippen LogP contribution >= 0.6 is 0 Å². The first-order valence-corrected chi connectivity index (χ1v) is 16.1. The molecule has 3 aromatic carbocycles. The fraction of sp³-hybridized carbons (Fsp3) is 0.400. The smallest absolute Gasteiger partial charge is 0.162 e. The first-order valence-electron chi connectivity index (χ1n) is 16.1. The minimum absolute atomic E-state index is 0.127. The Bertz CT molecular complexity index is 1650. The van der Waals surface area contributed by atoms with Crippen molar-refractivity contribution in [2.45, 2.75) is 86.3 Å². The van der Waals surface area contributed by atoms with Crippen molar-refractivity contribution in [3.8, 4) is 11.5 Å². The predicted molar refractivity (Wildman–Crippen MR) is 178 cm³/mol. The number of carbonyl (C=O) groups excluding carboxylic acids is 2. The number of methoxy groups -OCH3 is 1. The van der Waals surface area contributed by atoms with Crippen molar-refractivity contribution in [1.82, 2.24) is 4.90 Å². The number of ketones is 2. The van der Waals surface area contributed by atoms with Crippen molar-refractivity contribution in [2.24, 2.45) is 10.8 Å². The molecular weight excluding hydrogens is 558 g/mol. The second-order valence-corrected chi connectivity index (χ2v) is 14.8. The Kier molecular flexibility index (Phi) is 8.01. The van der Waals surface area contributed by atoms with Gasteiger partial charge >= 0.3 is 0 Å². The molecular formula is C40H45NO4. The summed E-state index contributed by atoms with van der Waals surface area (Å²) in [5.74, 6) is 1.06. The maximum atomic E-state index is 14.2. The summed E-state index contributed by atoms with van der Waals surface area (Å²) in [6.07, 6.45) is 2.46. The number of ether oxygens (including phenoxy) is 2. The number of hydrogen-bond donors (Lipinski definition) is 0. The maximum Gasteiger partial charge on any atom is 0.162 e. The van der Waals surface area contributed by atoms with E-state index in [1.54, 1.807) is 7.11 Å². The van der Waals surface area contributed by atoms with E-state index in [-0.39, 0.29) is 22.4 Å². The zero-order chi connectivity index (χ0) is 32.1. The summed E-state index contributed by atoms with van der Waals surface area (Å²) in [5, 5.41) is 0. The Hall–Kier alpha value is -4.12. The van der Waals surface area contributed by atoms with Crippen LogP contribution in [-0.4, -0.2) is 23.6 Å². The van der Waals surface area contributed by atoms with Crippen molar-refractivity contribution in [2.75, 3.05) is 7.11 Å². The average Bonchev–Trinajstić information content (AvgIpc) is 2.95. The van der Waals surface area contributed by atoms with E-state index < -0.39 is 5.92 Å². The van der Waals surface area contributed by atoms with Gasteiger partial charge in [0.05, 0.1) is 7.11 Å². The standard InChI is InChI=1S/C40H45NO4/c1-25-15-26(2)17-28(16-25)24-45-34-14-13-29(18-35(34)44-7)36-37-30(19-39(3,4)21-32(37)42)41(23-27-11-9-8-10-12-27)31-20-40(5,6)22-33(43)38(31)36/h8-18,36H,19-24H2,1-7H3. The highest BCUT2D eigenvalue weighted by atomic mass is 16.5. The average molecular weight is 604 g/mol. The highest BCUT2D eigenvalue weighted by molar-refractivity contribution is 6.06. The Morgan fingerprint density at radius 3 is 1.84 bits per heavy atom. The fourth-order valence-corrected chi connectivity index (χ4v) is 7.63. The third-order valence-electron chi connectivity index (χ3n) is 9.40. The van der Waals surface area contributed by atoms with Gasteiger partial charge in [0.1, 0.15) is 6.61 Å². The van der Waals surface area contributed by atoms with Crippen LogP contribution in [0, 0.1) is 24.7 Å². The van der Waals surface area contributed by atoms with Gasteiger partial charge in [-0.1, -0.05) is 93.4 Å². The molecule has 2 aliphatic carbocycles. The molecule has 0 unspecified atom stereocenters. The first-order chi connectivity index (χ1) is 21.3. The summed E-state index contributed by atoms with van der Waals surface area (Å²) in [7, 11) is 1.64. The molecule has 0 fully saturated rings. The first kappa shape index (κ1) is 30.9. The van der Waals surface area contributed by atoms with Gasteiger partial charge in [-0.05, 0) is 66.3 Å². The lowest BCUT2D eigenvalue weighted by atomic mass is 9.63. The topological polar surface area (TPSA) is 55.8 Å². The van der Waals surface area contributed by atoms with Crippen LogP contribution in [0.4, 0.5) is 0 Å². The molecule has 3 aliphatic rings. The Morgan fingerprint density at radius 1 is 0.711 bits per heavy atom. The van der Waals surface area contributed by atoms with Gasteiger partial charge < -0.3 is 14.4 Å². The molecule has 1 heterocycles. The van der Waals surface area contributed by atoms with Crippen LogP contribution < -0.4 is 9.47 Å². The van der Waals surface area contributed by atoms with Crippen molar-refractivity contribution >= 4 is 11.6 Å². The highest BCUT2D eigenvalue weighted by Gasteiger charge is 2.49. The summed E-state index contributed by atoms with van der Waals surface area (Å²) in [6.45, 7) is 13.9. The van der Waals surface area contributed by atoms with Crippen LogP contribution in [0.25, 0.3) is 0 Å². The van der Waals surface area contributed by atoms with E-state index in [4.69, 9.17) is 9.47 Å². The van der Waals surface area contributed by atoms with Crippen LogP contribution in [0.1, 0.15) is 87.1 Å². The van der Waals surface area contributed by atoms with E-state index in [1.807, 2.05) is 24.3 Å². The number of carbonyl (C=O) groups is 2. The van der Waals surface area contributed by atoms with Crippen LogP contribution in [0.5, 0.6) is 11.5 Å². The number of benzene rings is 3. The van der Waals surface area contributed by atoms with Crippen molar-refractivity contribution in [1.29, 1.82) is 0 Å². The largest absolute Gasteiger partial charge is 0.493 e. The molecule has 234 valence electrons. The number of allylic oxidation sites excluding steroid dienone is 4. The molecule has 6 rings (SSSR count). The molecule has 0 amide bonds. The zero-order valence-electron chi connectivity index (χ0n) is 27.8. The quantitative estimate of drug-likeness (QED) is 0.270. The normalized spacial score (nSPS) is 19.4. The lowest BCUT2D eigenvalue weighted by molar-refractivity contribution is -0.119. The zero-order valence-corrected chi connectivity index (χ0v) is 27.8. The summed E-state index contributed by atoms with van der Waals surface area (Å²) < 4.78 is 12.1. The van der Waals surface area contributed by atoms with Gasteiger partial charge in [-0.3, -0.25) is 9.59 Å². The van der Waals surface area contributed by atoms with Gasteiger partial charge in [-0.15, -0.1) is 0 Å². The third-order valence-corrected chi connectivity index (χ3v) is 9.40. The lowest BCUT2D eigenvalue weighted by Gasteiger charge is -2.49. The van der Waals surface area contributed by atoms with Gasteiger partial charge in [0.25, 0.3) is 0 Å². The molecule has 0 radical (unpaired) electrons. The minimum Gasteiger partial charge on any atom is -0.493 e. The Morgan fingerprint density at radius 2 is 1.29 bits per heavy atom. The Labute approximate surface area is 267 Å². The van der Waals surface area contributed by atoms with Gasteiger partial charge in [0.2, 0.25) is 0 Å². The number of aryl methyl sites for hydroxylation is 2. The van der Waals surface area contributed by atoms with E-state index in [1.165, 1.54) is 11.1 Å². The second-order valence-electron chi connectivity index (χ2n) is 14.8. The summed E-state index contributed by atoms with van der Waals surface area (Å²) in [4.78, 5) is 30.7. The van der Waals surface area contributed by atoms with E-state index >= 15 is 0 Å². The SMILES string of the molecule is COc1cc(C2C3=C(CC(C)(C)CC3=O)N(Cc3ccccc3)C3=C2C(=O)CC(C)(C)C3)ccc1OCc1cc(C)cc(C)c1. The van der Waals surface area contributed by atoms with Crippen molar-refractivity contribution in [3.63, 3.8) is 0 Å². The molecule has 0 spiro atoms. The monoisotopic (exact) mass is 603 g/mol. The molecule has 0 N–H and O–H groups in total. The molecule has 5 heteroatoms. The Balaban J connectivity index is 1.47. The summed E-state index contributed by atoms with van der Waals surface area (Å²) in [5.41, 5.74) is 8.85. The van der Waals surface area contributed by atoms with Gasteiger partial charge in [-0.25, -0.2) is 0 Å². The molecule has 0 aromatic heterocycles. The molecule has 0 bridgehead atoms. The number of hydrogen-bond acceptors (Lipinski definition) is 5. The lowest BCUT2D eigenvalue weighted by Crippen LogP contribution is -2.44. The number of nitrogens with zero attached hydrogens (tertiary/aromatic N) is 1. The number of rotatable bonds is 7. The summed E-state index contributed by atoms with van der Waals surface area (Å²) >= 11 is 0. The summed E-state index contributed by atoms with van der Waals surface area (Å²) in [6, 6.07) is 22.7. The minimum atomic E-state index is -0.434. The molecule has 0 saturated heterocycles. The van der Waals surface area contributed by atoms with E-state index in [0.29, 0.717) is 37.5 Å². The fourth-order valence-electron chi connectivity index (χ4n) is 7.63. The van der Waals surface area contributed by atoms with Crippen molar-refractivity contribution < 1.29 is 19.1 Å². The van der Waals surface area contributed by atoms with E-state index in [0.717, 1.165) is 52.1 Å². The van der Waals surface area contributed by atoms with Crippen LogP contribution in [-0.2, 0) is 22.7 Å². The second kappa shape index (κ2) is 11.7. The molecule has 0 atom stereocenters. The molecule has 0 saturated carbocycles. The van der Waals surface area contributed by atoms with E-state index in [2.05, 4.69) is 88.9 Å². The van der Waals surface area contributed by atoms with Crippen LogP contribution in [0.2, 0.25) is 0 Å². The van der Waals surface area contributed by atoms with Gasteiger partial charge in [-0.2, -0.15) is 0 Å². The third kappa shape index (κ3) is 6.22. The molecule has 1 aliphatic heterocycles. The molecule has 3 aromatic rings.